The number of benzene rings is 1. The molecule has 0 radical (unpaired) electrons. The number of carbonyl (C=O) groups is 1. The molecule has 7 heteroatoms. The van der Waals surface area contributed by atoms with Crippen molar-refractivity contribution >= 4 is 42.1 Å². The molecule has 22 heavy (non-hydrogen) atoms. The van der Waals surface area contributed by atoms with Crippen molar-refractivity contribution in [2.24, 2.45) is 5.73 Å². The summed E-state index contributed by atoms with van der Waals surface area (Å²) in [5.41, 5.74) is 7.29. The van der Waals surface area contributed by atoms with Crippen LogP contribution in [0.25, 0.3) is 0 Å². The summed E-state index contributed by atoms with van der Waals surface area (Å²) in [6.45, 7) is 2.16. The molecule has 1 aromatic rings. The number of para-hydroxylation sites is 2. The predicted octanol–water partition coefficient (Wildman–Crippen LogP) is 2.17. The van der Waals surface area contributed by atoms with Gasteiger partial charge in [-0.15, -0.1) is 24.8 Å². The van der Waals surface area contributed by atoms with Crippen LogP contribution in [0, 0.1) is 0 Å². The van der Waals surface area contributed by atoms with Crippen LogP contribution in [0.2, 0.25) is 0 Å². The van der Waals surface area contributed by atoms with E-state index >= 15 is 0 Å². The summed E-state index contributed by atoms with van der Waals surface area (Å²) < 4.78 is 0. The molecule has 1 aliphatic rings. The molecule has 0 spiro atoms. The number of piperidine rings is 1. The molecule has 0 saturated carbocycles. The standard InChI is InChI=1S/C15H23N3O2.2ClH/c16-9-3-6-15(20)17-13-4-1-2-5-14(13)18-10-7-12(19)8-11-18;;/h1-2,4-5,12,19H,3,6-11,16H2,(H,17,20);2*1H. The highest BCUT2D eigenvalue weighted by Crippen LogP contribution is 2.28. The Labute approximate surface area is 144 Å². The van der Waals surface area contributed by atoms with Crippen LogP contribution in [0.1, 0.15) is 25.7 Å². The monoisotopic (exact) mass is 349 g/mol. The van der Waals surface area contributed by atoms with Crippen LogP contribution < -0.4 is 16.0 Å². The first-order valence-electron chi connectivity index (χ1n) is 7.22. The summed E-state index contributed by atoms with van der Waals surface area (Å²) in [5, 5.41) is 12.5. The van der Waals surface area contributed by atoms with E-state index in [9.17, 15) is 9.90 Å². The van der Waals surface area contributed by atoms with Gasteiger partial charge in [-0.3, -0.25) is 4.79 Å². The SMILES string of the molecule is Cl.Cl.NCCCC(=O)Nc1ccccc1N1CCC(O)CC1. The number of nitrogens with zero attached hydrogens (tertiary/aromatic N) is 1. The van der Waals surface area contributed by atoms with Crippen LogP contribution in [0.3, 0.4) is 0 Å². The lowest BCUT2D eigenvalue weighted by molar-refractivity contribution is -0.116. The van der Waals surface area contributed by atoms with Gasteiger partial charge in [-0.25, -0.2) is 0 Å². The van der Waals surface area contributed by atoms with Crippen molar-refractivity contribution in [3.8, 4) is 0 Å². The third-order valence-corrected chi connectivity index (χ3v) is 3.59. The molecule has 0 atom stereocenters. The molecule has 0 bridgehead atoms. The lowest BCUT2D eigenvalue weighted by Crippen LogP contribution is -2.36. The third kappa shape index (κ3) is 6.01. The van der Waals surface area contributed by atoms with E-state index in [0.717, 1.165) is 37.3 Å². The number of halogens is 2. The maximum Gasteiger partial charge on any atom is 0.224 e. The molecule has 2 rings (SSSR count). The average Bonchev–Trinajstić information content (AvgIpc) is 2.47. The minimum absolute atomic E-state index is 0. The lowest BCUT2D eigenvalue weighted by Gasteiger charge is -2.32. The first kappa shape index (κ1) is 21.0. The molecular weight excluding hydrogens is 325 g/mol. The van der Waals surface area contributed by atoms with Gasteiger partial charge in [0.2, 0.25) is 5.91 Å². The molecule has 0 unspecified atom stereocenters. The van der Waals surface area contributed by atoms with E-state index in [0.29, 0.717) is 19.4 Å². The molecule has 5 nitrogen and oxygen atoms in total. The smallest absolute Gasteiger partial charge is 0.224 e. The third-order valence-electron chi connectivity index (χ3n) is 3.59. The highest BCUT2D eigenvalue weighted by molar-refractivity contribution is 5.94. The van der Waals surface area contributed by atoms with Crippen LogP contribution in [-0.2, 0) is 4.79 Å². The molecular formula is C15H25Cl2N3O2. The van der Waals surface area contributed by atoms with Gasteiger partial charge >= 0.3 is 0 Å². The van der Waals surface area contributed by atoms with Crippen LogP contribution in [0.4, 0.5) is 11.4 Å². The first-order valence-corrected chi connectivity index (χ1v) is 7.22. The van der Waals surface area contributed by atoms with Crippen LogP contribution in [-0.4, -0.2) is 36.8 Å². The summed E-state index contributed by atoms with van der Waals surface area (Å²) in [7, 11) is 0. The molecule has 1 fully saturated rings. The lowest BCUT2D eigenvalue weighted by atomic mass is 10.1. The maximum absolute atomic E-state index is 11.8. The van der Waals surface area contributed by atoms with E-state index in [1.165, 1.54) is 0 Å². The van der Waals surface area contributed by atoms with Crippen molar-refractivity contribution in [2.75, 3.05) is 29.9 Å². The van der Waals surface area contributed by atoms with Crippen LogP contribution in [0.15, 0.2) is 24.3 Å². The van der Waals surface area contributed by atoms with Crippen molar-refractivity contribution in [3.05, 3.63) is 24.3 Å². The average molecular weight is 350 g/mol. The predicted molar refractivity (Wildman–Crippen MR) is 95.3 cm³/mol. The molecule has 1 amide bonds. The highest BCUT2D eigenvalue weighted by atomic mass is 35.5. The Balaban J connectivity index is 0.00000220. The zero-order valence-electron chi connectivity index (χ0n) is 12.5. The number of hydrogen-bond acceptors (Lipinski definition) is 4. The molecule has 0 aliphatic carbocycles. The summed E-state index contributed by atoms with van der Waals surface area (Å²) >= 11 is 0. The maximum atomic E-state index is 11.8. The largest absolute Gasteiger partial charge is 0.393 e. The summed E-state index contributed by atoms with van der Waals surface area (Å²) in [6.07, 6.45) is 2.50. The Morgan fingerprint density at radius 1 is 1.27 bits per heavy atom. The van der Waals surface area contributed by atoms with Crippen molar-refractivity contribution in [3.63, 3.8) is 0 Å². The summed E-state index contributed by atoms with van der Waals surface area (Å²) in [4.78, 5) is 14.0. The summed E-state index contributed by atoms with van der Waals surface area (Å²) in [6, 6.07) is 7.81. The fourth-order valence-corrected chi connectivity index (χ4v) is 2.44. The molecule has 1 heterocycles. The van der Waals surface area contributed by atoms with E-state index < -0.39 is 0 Å². The normalized spacial score (nSPS) is 14.7. The fourth-order valence-electron chi connectivity index (χ4n) is 2.44. The molecule has 126 valence electrons. The molecule has 1 aliphatic heterocycles. The van der Waals surface area contributed by atoms with Crippen molar-refractivity contribution in [1.29, 1.82) is 0 Å². The number of aliphatic hydroxyl groups excluding tert-OH is 1. The number of carbonyl (C=O) groups excluding carboxylic acids is 1. The van der Waals surface area contributed by atoms with E-state index in [2.05, 4.69) is 10.2 Å². The van der Waals surface area contributed by atoms with Gasteiger partial charge in [0.1, 0.15) is 0 Å². The second-order valence-electron chi connectivity index (χ2n) is 5.18. The van der Waals surface area contributed by atoms with Gasteiger partial charge in [0, 0.05) is 19.5 Å². The Morgan fingerprint density at radius 2 is 1.91 bits per heavy atom. The van der Waals surface area contributed by atoms with E-state index in [-0.39, 0.29) is 36.8 Å². The van der Waals surface area contributed by atoms with Crippen LogP contribution >= 0.6 is 24.8 Å². The fraction of sp³-hybridized carbons (Fsp3) is 0.533. The Hall–Kier alpha value is -1.01. The molecule has 0 aromatic heterocycles. The second-order valence-corrected chi connectivity index (χ2v) is 5.18. The van der Waals surface area contributed by atoms with Gasteiger partial charge < -0.3 is 21.1 Å². The van der Waals surface area contributed by atoms with E-state index in [1.54, 1.807) is 0 Å². The highest BCUT2D eigenvalue weighted by Gasteiger charge is 2.19. The number of hydrogen-bond donors (Lipinski definition) is 3. The zero-order valence-corrected chi connectivity index (χ0v) is 14.2. The zero-order chi connectivity index (χ0) is 14.4. The number of nitrogens with two attached hydrogens (primary N) is 1. The topological polar surface area (TPSA) is 78.6 Å². The van der Waals surface area contributed by atoms with E-state index in [1.807, 2.05) is 24.3 Å². The Bertz CT molecular complexity index is 452. The molecule has 1 aromatic carbocycles. The quantitative estimate of drug-likeness (QED) is 0.761. The molecule has 4 N–H and O–H groups in total. The van der Waals surface area contributed by atoms with Crippen molar-refractivity contribution in [2.45, 2.75) is 31.8 Å². The number of aliphatic hydroxyl groups is 1. The molecule has 1 saturated heterocycles. The van der Waals surface area contributed by atoms with Gasteiger partial charge in [0.15, 0.2) is 0 Å². The van der Waals surface area contributed by atoms with E-state index in [4.69, 9.17) is 5.73 Å². The van der Waals surface area contributed by atoms with Gasteiger partial charge in [-0.1, -0.05) is 12.1 Å². The van der Waals surface area contributed by atoms with Crippen molar-refractivity contribution < 1.29 is 9.90 Å². The first-order chi connectivity index (χ1) is 9.70. The van der Waals surface area contributed by atoms with Gasteiger partial charge in [0.05, 0.1) is 17.5 Å². The van der Waals surface area contributed by atoms with Gasteiger partial charge in [-0.2, -0.15) is 0 Å². The number of rotatable bonds is 5. The second kappa shape index (κ2) is 10.7. The minimum atomic E-state index is -0.197. The number of nitrogens with one attached hydrogen (secondary N) is 1. The number of amides is 1. The number of anilines is 2. The Kier molecular flexibility index (Phi) is 10.2. The van der Waals surface area contributed by atoms with Gasteiger partial charge in [-0.05, 0) is 37.9 Å². The minimum Gasteiger partial charge on any atom is -0.393 e. The van der Waals surface area contributed by atoms with Crippen LogP contribution in [0.5, 0.6) is 0 Å². The Morgan fingerprint density at radius 3 is 2.55 bits per heavy atom. The summed E-state index contributed by atoms with van der Waals surface area (Å²) in [5.74, 6) is -0.0000517. The van der Waals surface area contributed by atoms with Crippen molar-refractivity contribution in [1.82, 2.24) is 0 Å². The van der Waals surface area contributed by atoms with Gasteiger partial charge in [0.25, 0.3) is 0 Å².